The number of phenolic OH excluding ortho intramolecular Hbond substituents is 1. The third-order valence-corrected chi connectivity index (χ3v) is 3.78. The van der Waals surface area contributed by atoms with E-state index >= 15 is 0 Å². The molecule has 0 fully saturated rings. The number of nitrogens with two attached hydrogens (primary N) is 1. The number of hydrogen-bond donors (Lipinski definition) is 3. The minimum Gasteiger partial charge on any atom is -0.504 e. The van der Waals surface area contributed by atoms with Gasteiger partial charge in [0.25, 0.3) is 5.91 Å². The fraction of sp³-hybridized carbons (Fsp3) is 0.167. The number of nitrogens with zero attached hydrogens (tertiary/aromatic N) is 2. The molecule has 0 spiro atoms. The Kier molecular flexibility index (Phi) is 4.74. The zero-order chi connectivity index (χ0) is 18.7. The minimum absolute atomic E-state index is 0.00782. The van der Waals surface area contributed by atoms with Crippen LogP contribution in [0.5, 0.6) is 11.5 Å². The van der Waals surface area contributed by atoms with E-state index in [0.29, 0.717) is 40.0 Å². The Bertz CT molecular complexity index is 935. The van der Waals surface area contributed by atoms with Gasteiger partial charge in [0.1, 0.15) is 17.3 Å². The van der Waals surface area contributed by atoms with Crippen LogP contribution in [0.3, 0.4) is 0 Å². The highest BCUT2D eigenvalue weighted by Gasteiger charge is 2.14. The first-order valence-corrected chi connectivity index (χ1v) is 7.81. The summed E-state index contributed by atoms with van der Waals surface area (Å²) in [7, 11) is 1.47. The summed E-state index contributed by atoms with van der Waals surface area (Å²) in [5.41, 5.74) is 7.10. The molecule has 0 saturated heterocycles. The molecule has 0 saturated carbocycles. The zero-order valence-corrected chi connectivity index (χ0v) is 14.3. The highest BCUT2D eigenvalue weighted by Crippen LogP contribution is 2.31. The van der Waals surface area contributed by atoms with E-state index in [1.807, 2.05) is 0 Å². The average molecular weight is 354 g/mol. The quantitative estimate of drug-likeness (QED) is 0.642. The van der Waals surface area contributed by atoms with Gasteiger partial charge in [-0.1, -0.05) is 0 Å². The van der Waals surface area contributed by atoms with Gasteiger partial charge in [-0.2, -0.15) is 0 Å². The molecule has 1 amide bonds. The highest BCUT2D eigenvalue weighted by atomic mass is 16.5. The number of nitrogens with one attached hydrogen (secondary N) is 1. The van der Waals surface area contributed by atoms with Crippen molar-refractivity contribution in [1.82, 2.24) is 15.3 Å². The van der Waals surface area contributed by atoms with E-state index in [-0.39, 0.29) is 18.2 Å². The molecule has 0 aliphatic carbocycles. The van der Waals surface area contributed by atoms with Crippen molar-refractivity contribution >= 4 is 11.7 Å². The molecule has 2 aromatic heterocycles. The predicted octanol–water partition coefficient (Wildman–Crippen LogP) is 2.27. The predicted molar refractivity (Wildman–Crippen MR) is 94.7 cm³/mol. The first kappa shape index (κ1) is 17.3. The smallest absolute Gasteiger partial charge is 0.253 e. The first-order valence-electron chi connectivity index (χ1n) is 7.81. The summed E-state index contributed by atoms with van der Waals surface area (Å²) >= 11 is 0. The molecule has 0 aliphatic heterocycles. The maximum absolute atomic E-state index is 12.1. The van der Waals surface area contributed by atoms with Crippen molar-refractivity contribution in [2.24, 2.45) is 0 Å². The Hall–Kier alpha value is -3.55. The Balaban J connectivity index is 1.73. The van der Waals surface area contributed by atoms with E-state index < -0.39 is 0 Å². The van der Waals surface area contributed by atoms with Crippen molar-refractivity contribution in [3.8, 4) is 23.0 Å². The number of carbonyl (C=O) groups is 1. The van der Waals surface area contributed by atoms with Crippen molar-refractivity contribution in [2.45, 2.75) is 13.5 Å². The molecule has 2 heterocycles. The molecule has 0 radical (unpaired) electrons. The lowest BCUT2D eigenvalue weighted by Crippen LogP contribution is -2.23. The summed E-state index contributed by atoms with van der Waals surface area (Å²) in [6.07, 6.45) is 1.41. The van der Waals surface area contributed by atoms with E-state index in [0.717, 1.165) is 0 Å². The number of nitrogen functional groups attached to an aromatic ring is 1. The molecular weight excluding hydrogens is 336 g/mol. The van der Waals surface area contributed by atoms with Crippen LogP contribution in [0.25, 0.3) is 11.5 Å². The summed E-state index contributed by atoms with van der Waals surface area (Å²) in [6.45, 7) is 1.95. The number of aromatic hydroxyl groups is 1. The molecule has 0 unspecified atom stereocenters. The third-order valence-electron chi connectivity index (χ3n) is 3.78. The lowest BCUT2D eigenvalue weighted by atomic mass is 10.2. The minimum atomic E-state index is -0.288. The number of oxazole rings is 1. The molecule has 1 aromatic carbocycles. The van der Waals surface area contributed by atoms with Crippen LogP contribution < -0.4 is 15.8 Å². The Morgan fingerprint density at radius 1 is 1.35 bits per heavy atom. The van der Waals surface area contributed by atoms with Gasteiger partial charge in [-0.3, -0.25) is 4.79 Å². The van der Waals surface area contributed by atoms with E-state index in [2.05, 4.69) is 15.3 Å². The van der Waals surface area contributed by atoms with Gasteiger partial charge in [-0.25, -0.2) is 9.97 Å². The number of aromatic nitrogens is 2. The second kappa shape index (κ2) is 7.14. The van der Waals surface area contributed by atoms with Gasteiger partial charge >= 0.3 is 0 Å². The summed E-state index contributed by atoms with van der Waals surface area (Å²) in [4.78, 5) is 20.4. The molecule has 26 heavy (non-hydrogen) atoms. The first-order chi connectivity index (χ1) is 12.5. The number of rotatable bonds is 5. The number of anilines is 1. The number of carbonyl (C=O) groups excluding carboxylic acids is 1. The number of aryl methyl sites for hydroxylation is 1. The van der Waals surface area contributed by atoms with Crippen molar-refractivity contribution in [3.63, 3.8) is 0 Å². The van der Waals surface area contributed by atoms with E-state index in [1.165, 1.54) is 19.4 Å². The summed E-state index contributed by atoms with van der Waals surface area (Å²) in [5.74, 6) is 1.34. The van der Waals surface area contributed by atoms with Gasteiger partial charge in [0.15, 0.2) is 11.5 Å². The van der Waals surface area contributed by atoms with Gasteiger partial charge < -0.3 is 25.3 Å². The van der Waals surface area contributed by atoms with E-state index in [9.17, 15) is 9.90 Å². The monoisotopic (exact) mass is 354 g/mol. The lowest BCUT2D eigenvalue weighted by molar-refractivity contribution is 0.0950. The molecule has 0 atom stereocenters. The average Bonchev–Trinajstić information content (AvgIpc) is 3.01. The van der Waals surface area contributed by atoms with Crippen LogP contribution in [-0.4, -0.2) is 28.1 Å². The standard InChI is InChI=1S/C18H18N4O4/c1-10-13(9-21-17(24)12-4-6-16(19)20-8-12)22-18(26-10)11-3-5-15(25-2)14(23)7-11/h3-8,23H,9H2,1-2H3,(H2,19,20)(H,21,24). The van der Waals surface area contributed by atoms with Crippen LogP contribution in [0, 0.1) is 6.92 Å². The van der Waals surface area contributed by atoms with Crippen molar-refractivity contribution in [2.75, 3.05) is 12.8 Å². The van der Waals surface area contributed by atoms with E-state index in [4.69, 9.17) is 14.9 Å². The zero-order valence-electron chi connectivity index (χ0n) is 14.3. The number of amides is 1. The molecule has 0 bridgehead atoms. The number of pyridine rings is 1. The number of benzene rings is 1. The van der Waals surface area contributed by atoms with E-state index in [1.54, 1.807) is 31.2 Å². The van der Waals surface area contributed by atoms with Crippen molar-refractivity contribution in [1.29, 1.82) is 0 Å². The third kappa shape index (κ3) is 3.59. The molecule has 134 valence electrons. The van der Waals surface area contributed by atoms with Gasteiger partial charge in [0.05, 0.1) is 19.2 Å². The molecule has 8 heteroatoms. The molecule has 3 aromatic rings. The van der Waals surface area contributed by atoms with Crippen LogP contribution in [0.15, 0.2) is 40.9 Å². The largest absolute Gasteiger partial charge is 0.504 e. The fourth-order valence-corrected chi connectivity index (χ4v) is 2.34. The van der Waals surface area contributed by atoms with Crippen LogP contribution in [0.2, 0.25) is 0 Å². The number of hydrogen-bond acceptors (Lipinski definition) is 7. The molecule has 8 nitrogen and oxygen atoms in total. The molecule has 0 aliphatic rings. The maximum atomic E-state index is 12.1. The lowest BCUT2D eigenvalue weighted by Gasteiger charge is -2.04. The molecular formula is C18H18N4O4. The summed E-state index contributed by atoms with van der Waals surface area (Å²) in [5, 5.41) is 12.6. The maximum Gasteiger partial charge on any atom is 0.253 e. The Morgan fingerprint density at radius 3 is 2.81 bits per heavy atom. The van der Waals surface area contributed by atoms with Crippen molar-refractivity contribution in [3.05, 3.63) is 53.5 Å². The highest BCUT2D eigenvalue weighted by molar-refractivity contribution is 5.93. The molecule has 3 rings (SSSR count). The Labute approximate surface area is 149 Å². The van der Waals surface area contributed by atoms with Crippen LogP contribution >= 0.6 is 0 Å². The number of methoxy groups -OCH3 is 1. The topological polar surface area (TPSA) is 124 Å². The van der Waals surface area contributed by atoms with Gasteiger partial charge in [0.2, 0.25) is 5.89 Å². The van der Waals surface area contributed by atoms with Crippen LogP contribution in [-0.2, 0) is 6.54 Å². The fourth-order valence-electron chi connectivity index (χ4n) is 2.34. The number of ether oxygens (including phenoxy) is 1. The van der Waals surface area contributed by atoms with Crippen molar-refractivity contribution < 1.29 is 19.1 Å². The summed E-state index contributed by atoms with van der Waals surface area (Å²) in [6, 6.07) is 8.02. The van der Waals surface area contributed by atoms with Gasteiger partial charge in [-0.15, -0.1) is 0 Å². The Morgan fingerprint density at radius 2 is 2.15 bits per heavy atom. The molecule has 4 N–H and O–H groups in total. The summed E-state index contributed by atoms with van der Waals surface area (Å²) < 4.78 is 10.7. The van der Waals surface area contributed by atoms with Gasteiger partial charge in [-0.05, 0) is 37.3 Å². The normalized spacial score (nSPS) is 10.5. The van der Waals surface area contributed by atoms with Crippen LogP contribution in [0.1, 0.15) is 21.8 Å². The van der Waals surface area contributed by atoms with Crippen LogP contribution in [0.4, 0.5) is 5.82 Å². The van der Waals surface area contributed by atoms with Gasteiger partial charge in [0, 0.05) is 11.8 Å². The second-order valence-electron chi connectivity index (χ2n) is 5.56. The number of phenols is 1. The second-order valence-corrected chi connectivity index (χ2v) is 5.56. The SMILES string of the molecule is COc1ccc(-c2nc(CNC(=O)c3ccc(N)nc3)c(C)o2)cc1O.